The Morgan fingerprint density at radius 3 is 2.75 bits per heavy atom. The summed E-state index contributed by atoms with van der Waals surface area (Å²) in [5.41, 5.74) is 0.120. The molecule has 1 heterocycles. The Bertz CT molecular complexity index is 761. The number of alkyl halides is 2. The van der Waals surface area contributed by atoms with Crippen LogP contribution in [0.15, 0.2) is 33.5 Å². The normalized spacial score (nSPS) is 10.6. The van der Waals surface area contributed by atoms with E-state index in [9.17, 15) is 13.6 Å². The molecule has 0 amide bonds. The molecule has 0 aliphatic rings. The molecule has 0 aliphatic carbocycles. The van der Waals surface area contributed by atoms with Crippen LogP contribution >= 0.6 is 39.3 Å². The Morgan fingerprint density at radius 2 is 2.17 bits per heavy atom. The van der Waals surface area contributed by atoms with Gasteiger partial charge in [-0.05, 0) is 22.9 Å². The van der Waals surface area contributed by atoms with Crippen molar-refractivity contribution >= 4 is 39.3 Å². The molecule has 1 aromatic heterocycles. The summed E-state index contributed by atoms with van der Waals surface area (Å²) in [6, 6.07) is 9.18. The molecular formula is C15H12BrClF2NO2SY-. The number of halogens is 4. The number of nitrogens with zero attached hydrogens (tertiary/aromatic N) is 1. The molecule has 2 rings (SSSR count). The maximum atomic E-state index is 12.8. The maximum absolute atomic E-state index is 12.8. The second kappa shape index (κ2) is 10.3. The monoisotopic (exact) mass is 511 g/mol. The Labute approximate surface area is 181 Å². The van der Waals surface area contributed by atoms with E-state index in [1.54, 1.807) is 18.2 Å². The molecule has 2 aromatic rings. The Morgan fingerprint density at radius 1 is 1.46 bits per heavy atom. The first kappa shape index (κ1) is 22.1. The van der Waals surface area contributed by atoms with Crippen LogP contribution in [-0.4, -0.2) is 23.2 Å². The van der Waals surface area contributed by atoms with Crippen LogP contribution in [0.25, 0.3) is 11.3 Å². The molecule has 1 radical (unpaired) electrons. The van der Waals surface area contributed by atoms with E-state index >= 15 is 0 Å². The number of hydrogen-bond acceptors (Lipinski definition) is 3. The molecule has 0 saturated carbocycles. The molecule has 0 unspecified atom stereocenters. The van der Waals surface area contributed by atoms with Crippen LogP contribution in [0.1, 0.15) is 0 Å². The predicted molar refractivity (Wildman–Crippen MR) is 92.7 cm³/mol. The average molecular weight is 513 g/mol. The number of pyridine rings is 1. The molecule has 24 heavy (non-hydrogen) atoms. The van der Waals surface area contributed by atoms with E-state index in [0.29, 0.717) is 21.7 Å². The molecule has 0 N–H and O–H groups in total. The van der Waals surface area contributed by atoms with Crippen LogP contribution in [0.2, 0.25) is 5.02 Å². The van der Waals surface area contributed by atoms with Gasteiger partial charge in [-0.2, -0.15) is 23.7 Å². The van der Waals surface area contributed by atoms with E-state index in [-0.39, 0.29) is 43.4 Å². The van der Waals surface area contributed by atoms with Gasteiger partial charge in [0, 0.05) is 37.7 Å². The van der Waals surface area contributed by atoms with Gasteiger partial charge in [0.1, 0.15) is 11.7 Å². The zero-order valence-corrected chi connectivity index (χ0v) is 18.6. The van der Waals surface area contributed by atoms with Gasteiger partial charge in [-0.25, -0.2) is 8.78 Å². The molecule has 127 valence electrons. The van der Waals surface area contributed by atoms with Gasteiger partial charge in [-0.15, -0.1) is 17.8 Å². The van der Waals surface area contributed by atoms with Crippen molar-refractivity contribution in [3.8, 4) is 17.0 Å². The summed E-state index contributed by atoms with van der Waals surface area (Å²) in [4.78, 5) is 12.1. The van der Waals surface area contributed by atoms with Crippen molar-refractivity contribution in [2.24, 2.45) is 0 Å². The number of hydrogen-bond donors (Lipinski definition) is 0. The molecule has 0 spiro atoms. The van der Waals surface area contributed by atoms with Crippen LogP contribution in [0, 0.1) is 6.07 Å². The molecular weight excluding hydrogens is 500 g/mol. The SMILES string of the molecule is CSCOc1ccc(-c2[c-]cc(Cl)c(=O)n2CC(F)F)c(Br)c1.[Y]. The summed E-state index contributed by atoms with van der Waals surface area (Å²) in [6.07, 6.45) is -0.768. The standard InChI is InChI=1S/C15H12BrClF2NO2S.Y/c1-23-8-22-9-2-3-10(11(16)6-9)13-5-4-12(17)15(21)20(13)7-14(18)19;/h2-4,6,14H,7-8H2,1H3;/q-1;. The number of benzene rings is 1. The fourth-order valence-electron chi connectivity index (χ4n) is 1.94. The average Bonchev–Trinajstić information content (AvgIpc) is 2.50. The van der Waals surface area contributed by atoms with E-state index in [1.807, 2.05) is 6.26 Å². The van der Waals surface area contributed by atoms with E-state index < -0.39 is 18.5 Å². The first-order chi connectivity index (χ1) is 10.9. The third-order valence-electron chi connectivity index (χ3n) is 2.91. The first-order valence-corrected chi connectivity index (χ1v) is 9.01. The third kappa shape index (κ3) is 5.53. The van der Waals surface area contributed by atoms with Crippen LogP contribution < -0.4 is 10.3 Å². The van der Waals surface area contributed by atoms with Crippen molar-refractivity contribution in [3.63, 3.8) is 0 Å². The topological polar surface area (TPSA) is 31.2 Å². The van der Waals surface area contributed by atoms with E-state index in [2.05, 4.69) is 22.0 Å². The first-order valence-electron chi connectivity index (χ1n) is 6.45. The fourth-order valence-corrected chi connectivity index (χ4v) is 2.90. The minimum absolute atomic E-state index is 0. The Balaban J connectivity index is 0.00000288. The number of rotatable bonds is 6. The van der Waals surface area contributed by atoms with Crippen molar-refractivity contribution in [2.45, 2.75) is 13.0 Å². The molecule has 0 bridgehead atoms. The van der Waals surface area contributed by atoms with Crippen LogP contribution in [0.5, 0.6) is 5.75 Å². The van der Waals surface area contributed by atoms with Gasteiger partial charge in [-0.3, -0.25) is 4.79 Å². The van der Waals surface area contributed by atoms with Crippen molar-refractivity contribution in [1.82, 2.24) is 4.57 Å². The van der Waals surface area contributed by atoms with Gasteiger partial charge < -0.3 is 9.30 Å². The van der Waals surface area contributed by atoms with Gasteiger partial charge in [0.15, 0.2) is 0 Å². The van der Waals surface area contributed by atoms with E-state index in [1.165, 1.54) is 17.8 Å². The molecule has 3 nitrogen and oxygen atoms in total. The smallest absolute Gasteiger partial charge is 0.256 e. The molecule has 0 aliphatic heterocycles. The van der Waals surface area contributed by atoms with Crippen LogP contribution in [0.3, 0.4) is 0 Å². The summed E-state index contributed by atoms with van der Waals surface area (Å²) in [6.45, 7) is -0.748. The molecule has 0 atom stereocenters. The maximum Gasteiger partial charge on any atom is 0.256 e. The van der Waals surface area contributed by atoms with Gasteiger partial charge >= 0.3 is 0 Å². The molecule has 9 heteroatoms. The molecule has 0 saturated heterocycles. The second-order valence-corrected chi connectivity index (χ2v) is 6.56. The summed E-state index contributed by atoms with van der Waals surface area (Å²) in [5, 5.41) is -0.148. The van der Waals surface area contributed by atoms with Gasteiger partial charge in [0.25, 0.3) is 6.43 Å². The third-order valence-corrected chi connectivity index (χ3v) is 4.20. The van der Waals surface area contributed by atoms with Crippen molar-refractivity contribution in [1.29, 1.82) is 0 Å². The Kier molecular flexibility index (Phi) is 9.45. The van der Waals surface area contributed by atoms with Crippen molar-refractivity contribution < 1.29 is 46.2 Å². The van der Waals surface area contributed by atoms with Crippen LogP contribution in [-0.2, 0) is 39.3 Å². The number of ether oxygens (including phenoxy) is 1. The van der Waals surface area contributed by atoms with E-state index in [0.717, 1.165) is 4.57 Å². The second-order valence-electron chi connectivity index (χ2n) is 4.48. The predicted octanol–water partition coefficient (Wildman–Crippen LogP) is 4.69. The molecule has 1 aromatic carbocycles. The quantitative estimate of drug-likeness (QED) is 0.416. The Hall–Kier alpha value is 0.0539. The van der Waals surface area contributed by atoms with Crippen molar-refractivity contribution in [2.75, 3.05) is 12.2 Å². The summed E-state index contributed by atoms with van der Waals surface area (Å²) >= 11 is 10.6. The van der Waals surface area contributed by atoms with Gasteiger partial charge in [0.05, 0.1) is 6.54 Å². The summed E-state index contributed by atoms with van der Waals surface area (Å²) < 4.78 is 32.6. The summed E-state index contributed by atoms with van der Waals surface area (Å²) in [5.74, 6) is 1.13. The zero-order chi connectivity index (χ0) is 17.0. The minimum atomic E-state index is -2.68. The number of thioether (sulfide) groups is 1. The largest absolute Gasteiger partial charge is 0.483 e. The van der Waals surface area contributed by atoms with E-state index in [4.69, 9.17) is 16.3 Å². The van der Waals surface area contributed by atoms with Crippen molar-refractivity contribution in [3.05, 3.63) is 50.2 Å². The summed E-state index contributed by atoms with van der Waals surface area (Å²) in [7, 11) is 0. The van der Waals surface area contributed by atoms with Crippen LogP contribution in [0.4, 0.5) is 8.78 Å². The fraction of sp³-hybridized carbons (Fsp3) is 0.267. The number of aromatic nitrogens is 1. The van der Waals surface area contributed by atoms with Gasteiger partial charge in [0.2, 0.25) is 5.56 Å². The zero-order valence-electron chi connectivity index (χ0n) is 12.6. The molecule has 0 fully saturated rings. The van der Waals surface area contributed by atoms with Gasteiger partial charge in [-0.1, -0.05) is 27.2 Å². The minimum Gasteiger partial charge on any atom is -0.483 e.